The lowest BCUT2D eigenvalue weighted by Crippen LogP contribution is -2.14. The Morgan fingerprint density at radius 3 is 2.47 bits per heavy atom. The second-order valence-electron chi connectivity index (χ2n) is 4.06. The van der Waals surface area contributed by atoms with Crippen LogP contribution < -0.4 is 4.74 Å². The minimum Gasteiger partial charge on any atom is -0.483 e. The summed E-state index contributed by atoms with van der Waals surface area (Å²) in [5, 5.41) is 0. The van der Waals surface area contributed by atoms with Crippen LogP contribution in [0.1, 0.15) is 5.56 Å². The van der Waals surface area contributed by atoms with Crippen molar-refractivity contribution in [3.63, 3.8) is 0 Å². The highest BCUT2D eigenvalue weighted by Crippen LogP contribution is 2.17. The molecule has 4 heteroatoms. The third kappa shape index (κ3) is 3.88. The normalized spacial score (nSPS) is 10.2. The largest absolute Gasteiger partial charge is 0.483 e. The van der Waals surface area contributed by atoms with Crippen molar-refractivity contribution in [1.82, 2.24) is 0 Å². The number of hydrogen-bond donors (Lipinski definition) is 0. The SMILES string of the molecule is O=C(COc1ccc(F)cc1F)Cc1ccccc1. The van der Waals surface area contributed by atoms with Crippen molar-refractivity contribution in [1.29, 1.82) is 0 Å². The van der Waals surface area contributed by atoms with Crippen molar-refractivity contribution in [2.75, 3.05) is 6.61 Å². The van der Waals surface area contributed by atoms with Gasteiger partial charge in [-0.2, -0.15) is 0 Å². The minimum atomic E-state index is -0.812. The van der Waals surface area contributed by atoms with Crippen LogP contribution in [-0.4, -0.2) is 12.4 Å². The van der Waals surface area contributed by atoms with Crippen LogP contribution >= 0.6 is 0 Å². The van der Waals surface area contributed by atoms with Gasteiger partial charge in [0.1, 0.15) is 12.4 Å². The molecule has 0 aromatic heterocycles. The Morgan fingerprint density at radius 2 is 1.79 bits per heavy atom. The van der Waals surface area contributed by atoms with Crippen molar-refractivity contribution < 1.29 is 18.3 Å². The lowest BCUT2D eigenvalue weighted by atomic mass is 10.1. The number of carbonyl (C=O) groups is 1. The fourth-order valence-corrected chi connectivity index (χ4v) is 1.63. The first-order chi connectivity index (χ1) is 9.15. The highest BCUT2D eigenvalue weighted by atomic mass is 19.1. The van der Waals surface area contributed by atoms with Crippen LogP contribution in [0, 0.1) is 11.6 Å². The summed E-state index contributed by atoms with van der Waals surface area (Å²) in [7, 11) is 0. The Bertz CT molecular complexity index is 568. The van der Waals surface area contributed by atoms with Gasteiger partial charge in [-0.25, -0.2) is 8.78 Å². The highest BCUT2D eigenvalue weighted by Gasteiger charge is 2.08. The molecule has 2 aromatic rings. The average molecular weight is 262 g/mol. The third-order valence-corrected chi connectivity index (χ3v) is 2.53. The van der Waals surface area contributed by atoms with E-state index in [1.54, 1.807) is 0 Å². The first-order valence-corrected chi connectivity index (χ1v) is 5.78. The van der Waals surface area contributed by atoms with Crippen molar-refractivity contribution in [2.24, 2.45) is 0 Å². The second-order valence-corrected chi connectivity index (χ2v) is 4.06. The molecule has 0 atom stereocenters. The van der Waals surface area contributed by atoms with Crippen LogP contribution in [0.15, 0.2) is 48.5 Å². The zero-order chi connectivity index (χ0) is 13.7. The summed E-state index contributed by atoms with van der Waals surface area (Å²) in [6.07, 6.45) is 0.226. The maximum absolute atomic E-state index is 13.3. The van der Waals surface area contributed by atoms with Gasteiger partial charge in [0.2, 0.25) is 0 Å². The summed E-state index contributed by atoms with van der Waals surface area (Å²) in [6, 6.07) is 12.2. The van der Waals surface area contributed by atoms with Gasteiger partial charge >= 0.3 is 0 Å². The fraction of sp³-hybridized carbons (Fsp3) is 0.133. The van der Waals surface area contributed by atoms with E-state index in [0.717, 1.165) is 17.7 Å². The van der Waals surface area contributed by atoms with E-state index in [9.17, 15) is 13.6 Å². The van der Waals surface area contributed by atoms with Crippen LogP contribution in [0.2, 0.25) is 0 Å². The molecule has 0 N–H and O–H groups in total. The topological polar surface area (TPSA) is 26.3 Å². The molecule has 19 heavy (non-hydrogen) atoms. The average Bonchev–Trinajstić information content (AvgIpc) is 2.39. The van der Waals surface area contributed by atoms with Gasteiger partial charge in [-0.1, -0.05) is 30.3 Å². The molecule has 2 nitrogen and oxygen atoms in total. The zero-order valence-electron chi connectivity index (χ0n) is 10.1. The fourth-order valence-electron chi connectivity index (χ4n) is 1.63. The molecule has 0 aliphatic rings. The number of Topliss-reactive ketones (excluding diaryl/α,β-unsaturated/α-hetero) is 1. The number of rotatable bonds is 5. The van der Waals surface area contributed by atoms with Crippen LogP contribution in [0.4, 0.5) is 8.78 Å². The second kappa shape index (κ2) is 6.09. The number of benzene rings is 2. The highest BCUT2D eigenvalue weighted by molar-refractivity contribution is 5.82. The van der Waals surface area contributed by atoms with Gasteiger partial charge in [-0.3, -0.25) is 4.79 Å². The van der Waals surface area contributed by atoms with E-state index in [-0.39, 0.29) is 24.6 Å². The molecule has 0 heterocycles. The molecule has 0 amide bonds. The summed E-state index contributed by atoms with van der Waals surface area (Å²) >= 11 is 0. The number of ether oxygens (including phenoxy) is 1. The van der Waals surface area contributed by atoms with Crippen molar-refractivity contribution in [3.8, 4) is 5.75 Å². The quantitative estimate of drug-likeness (QED) is 0.827. The van der Waals surface area contributed by atoms with E-state index in [0.29, 0.717) is 0 Å². The Kier molecular flexibility index (Phi) is 4.23. The predicted molar refractivity (Wildman–Crippen MR) is 67.0 cm³/mol. The lowest BCUT2D eigenvalue weighted by Gasteiger charge is -2.06. The number of ketones is 1. The van der Waals surface area contributed by atoms with Crippen molar-refractivity contribution in [3.05, 3.63) is 65.7 Å². The van der Waals surface area contributed by atoms with Gasteiger partial charge < -0.3 is 4.74 Å². The third-order valence-electron chi connectivity index (χ3n) is 2.53. The molecule has 0 saturated heterocycles. The monoisotopic (exact) mass is 262 g/mol. The minimum absolute atomic E-state index is 0.122. The summed E-state index contributed by atoms with van der Waals surface area (Å²) in [5.74, 6) is -1.79. The maximum atomic E-state index is 13.3. The standard InChI is InChI=1S/C15H12F2O2/c16-12-6-7-15(14(17)9-12)19-10-13(18)8-11-4-2-1-3-5-11/h1-7,9H,8,10H2. The molecule has 0 aliphatic carbocycles. The van der Waals surface area contributed by atoms with Crippen molar-refractivity contribution >= 4 is 5.78 Å². The summed E-state index contributed by atoms with van der Waals surface area (Å²) < 4.78 is 31.0. The number of hydrogen-bond acceptors (Lipinski definition) is 2. The molecular formula is C15H12F2O2. The van der Waals surface area contributed by atoms with Gasteiger partial charge in [-0.15, -0.1) is 0 Å². The summed E-state index contributed by atoms with van der Waals surface area (Å²) in [6.45, 7) is -0.239. The Hall–Kier alpha value is -2.23. The van der Waals surface area contributed by atoms with E-state index in [1.165, 1.54) is 6.07 Å². The maximum Gasteiger partial charge on any atom is 0.174 e. The van der Waals surface area contributed by atoms with Gasteiger partial charge in [-0.05, 0) is 17.7 Å². The van der Waals surface area contributed by atoms with E-state index in [1.807, 2.05) is 30.3 Å². The first-order valence-electron chi connectivity index (χ1n) is 5.78. The van der Waals surface area contributed by atoms with Crippen LogP contribution in [-0.2, 0) is 11.2 Å². The Morgan fingerprint density at radius 1 is 1.05 bits per heavy atom. The van der Waals surface area contributed by atoms with E-state index >= 15 is 0 Å². The molecular weight excluding hydrogens is 250 g/mol. The van der Waals surface area contributed by atoms with E-state index in [2.05, 4.69) is 0 Å². The van der Waals surface area contributed by atoms with Crippen LogP contribution in [0.25, 0.3) is 0 Å². The first kappa shape index (κ1) is 13.2. The van der Waals surface area contributed by atoms with Crippen LogP contribution in [0.5, 0.6) is 5.75 Å². The van der Waals surface area contributed by atoms with Gasteiger partial charge in [0.05, 0.1) is 0 Å². The molecule has 2 rings (SSSR count). The van der Waals surface area contributed by atoms with Gasteiger partial charge in [0.15, 0.2) is 17.3 Å². The molecule has 0 fully saturated rings. The van der Waals surface area contributed by atoms with Gasteiger partial charge in [0.25, 0.3) is 0 Å². The molecule has 98 valence electrons. The Balaban J connectivity index is 1.90. The molecule has 0 radical (unpaired) electrons. The number of carbonyl (C=O) groups excluding carboxylic acids is 1. The van der Waals surface area contributed by atoms with Gasteiger partial charge in [0, 0.05) is 12.5 Å². The predicted octanol–water partition coefficient (Wildman–Crippen LogP) is 3.16. The smallest absolute Gasteiger partial charge is 0.174 e. The molecule has 0 unspecified atom stereocenters. The van der Waals surface area contributed by atoms with Crippen LogP contribution in [0.3, 0.4) is 0 Å². The number of halogens is 2. The van der Waals surface area contributed by atoms with Crippen molar-refractivity contribution in [2.45, 2.75) is 6.42 Å². The molecule has 2 aromatic carbocycles. The van der Waals surface area contributed by atoms with E-state index in [4.69, 9.17) is 4.74 Å². The molecule has 0 aliphatic heterocycles. The lowest BCUT2D eigenvalue weighted by molar-refractivity contribution is -0.120. The summed E-state index contributed by atoms with van der Waals surface area (Å²) in [4.78, 5) is 11.6. The molecule has 0 saturated carbocycles. The molecule has 0 spiro atoms. The zero-order valence-corrected chi connectivity index (χ0v) is 10.1. The molecule has 0 bridgehead atoms. The summed E-state index contributed by atoms with van der Waals surface area (Å²) in [5.41, 5.74) is 0.871. The Labute approximate surface area is 109 Å². The van der Waals surface area contributed by atoms with E-state index < -0.39 is 11.6 Å².